The van der Waals surface area contributed by atoms with Gasteiger partial charge in [0.05, 0.1) is 5.02 Å². The van der Waals surface area contributed by atoms with Crippen LogP contribution < -0.4 is 10.1 Å². The molecule has 0 aliphatic carbocycles. The molecule has 0 aliphatic rings. The number of hydrogen-bond donors (Lipinski definition) is 2. The SMILES string of the molecule is CC(Oc1ccc(Cl)cc1Cl)C(=O)NC(Cc1ccccc1)C(=O)O.[Na]. The van der Waals surface area contributed by atoms with Crippen molar-refractivity contribution < 1.29 is 19.4 Å². The van der Waals surface area contributed by atoms with Gasteiger partial charge in [0.25, 0.3) is 5.91 Å². The topological polar surface area (TPSA) is 75.6 Å². The molecule has 2 aromatic carbocycles. The maximum atomic E-state index is 12.3. The first-order valence-electron chi connectivity index (χ1n) is 7.55. The van der Waals surface area contributed by atoms with Crippen LogP contribution >= 0.6 is 23.2 Å². The van der Waals surface area contributed by atoms with Crippen LogP contribution in [0.15, 0.2) is 48.5 Å². The Morgan fingerprint density at radius 2 is 1.81 bits per heavy atom. The molecule has 2 N–H and O–H groups in total. The van der Waals surface area contributed by atoms with Gasteiger partial charge in [0.15, 0.2) is 6.10 Å². The van der Waals surface area contributed by atoms with E-state index < -0.39 is 24.0 Å². The quantitative estimate of drug-likeness (QED) is 0.694. The van der Waals surface area contributed by atoms with Gasteiger partial charge in [-0.2, -0.15) is 0 Å². The zero-order valence-corrected chi connectivity index (χ0v) is 17.9. The molecular formula is C18H17Cl2NNaO4. The van der Waals surface area contributed by atoms with E-state index in [0.29, 0.717) is 10.8 Å². The van der Waals surface area contributed by atoms with Gasteiger partial charge in [-0.15, -0.1) is 0 Å². The number of carboxylic acid groups (broad SMARTS) is 1. The number of ether oxygens (including phenoxy) is 1. The second-order valence-corrected chi connectivity index (χ2v) is 6.27. The second-order valence-electron chi connectivity index (χ2n) is 5.42. The predicted octanol–water partition coefficient (Wildman–Crippen LogP) is 3.19. The van der Waals surface area contributed by atoms with Gasteiger partial charge in [-0.1, -0.05) is 53.5 Å². The Labute approximate surface area is 183 Å². The molecule has 0 aromatic heterocycles. The molecule has 2 unspecified atom stereocenters. The van der Waals surface area contributed by atoms with Crippen LogP contribution in [-0.4, -0.2) is 58.7 Å². The number of aliphatic carboxylic acids is 1. The van der Waals surface area contributed by atoms with Crippen LogP contribution in [0.5, 0.6) is 5.75 Å². The van der Waals surface area contributed by atoms with Crippen LogP contribution in [0.2, 0.25) is 10.0 Å². The molecule has 133 valence electrons. The van der Waals surface area contributed by atoms with Crippen molar-refractivity contribution in [3.05, 3.63) is 64.1 Å². The molecule has 26 heavy (non-hydrogen) atoms. The van der Waals surface area contributed by atoms with E-state index in [1.54, 1.807) is 24.3 Å². The summed E-state index contributed by atoms with van der Waals surface area (Å²) in [6.45, 7) is 1.52. The van der Waals surface area contributed by atoms with Crippen molar-refractivity contribution in [2.45, 2.75) is 25.5 Å². The first-order valence-corrected chi connectivity index (χ1v) is 8.31. The van der Waals surface area contributed by atoms with E-state index in [9.17, 15) is 14.7 Å². The first kappa shape index (κ1) is 22.8. The van der Waals surface area contributed by atoms with E-state index in [1.165, 1.54) is 13.0 Å². The standard InChI is InChI=1S/C18H17Cl2NO4.Na/c1-11(25-16-8-7-13(19)10-14(16)20)17(22)21-15(18(23)24)9-12-5-3-2-4-6-12;/h2-8,10-11,15H,9H2,1H3,(H,21,22)(H,23,24);. The number of carbonyl (C=O) groups is 2. The fraction of sp³-hybridized carbons (Fsp3) is 0.222. The zero-order valence-electron chi connectivity index (χ0n) is 14.4. The molecule has 1 amide bonds. The van der Waals surface area contributed by atoms with Gasteiger partial charge in [0.1, 0.15) is 11.8 Å². The Kier molecular flexibility index (Phi) is 9.47. The number of benzene rings is 2. The average Bonchev–Trinajstić information content (AvgIpc) is 2.57. The van der Waals surface area contributed by atoms with Gasteiger partial charge in [-0.3, -0.25) is 4.79 Å². The summed E-state index contributed by atoms with van der Waals surface area (Å²) in [6.07, 6.45) is -0.743. The summed E-state index contributed by atoms with van der Waals surface area (Å²) in [6, 6.07) is 12.6. The van der Waals surface area contributed by atoms with Crippen LogP contribution in [-0.2, 0) is 16.0 Å². The van der Waals surface area contributed by atoms with Gasteiger partial charge in [0, 0.05) is 41.0 Å². The molecule has 0 saturated heterocycles. The van der Waals surface area contributed by atoms with Crippen molar-refractivity contribution in [3.8, 4) is 5.75 Å². The maximum Gasteiger partial charge on any atom is 0.326 e. The molecule has 0 spiro atoms. The summed E-state index contributed by atoms with van der Waals surface area (Å²) in [5, 5.41) is 12.5. The van der Waals surface area contributed by atoms with Gasteiger partial charge in [0.2, 0.25) is 0 Å². The zero-order chi connectivity index (χ0) is 18.4. The van der Waals surface area contributed by atoms with Crippen molar-refractivity contribution in [1.82, 2.24) is 5.32 Å². The van der Waals surface area contributed by atoms with Gasteiger partial charge < -0.3 is 15.2 Å². The normalized spacial score (nSPS) is 12.4. The summed E-state index contributed by atoms with van der Waals surface area (Å²) in [5.41, 5.74) is 0.810. The summed E-state index contributed by atoms with van der Waals surface area (Å²) in [4.78, 5) is 23.7. The van der Waals surface area contributed by atoms with Gasteiger partial charge in [-0.05, 0) is 30.7 Å². The average molecular weight is 405 g/mol. The van der Waals surface area contributed by atoms with Crippen molar-refractivity contribution >= 4 is 64.6 Å². The maximum absolute atomic E-state index is 12.3. The molecule has 2 aromatic rings. The van der Waals surface area contributed by atoms with E-state index in [1.807, 2.05) is 18.2 Å². The molecule has 5 nitrogen and oxygen atoms in total. The summed E-state index contributed by atoms with van der Waals surface area (Å²) >= 11 is 11.8. The third-order valence-electron chi connectivity index (χ3n) is 3.46. The van der Waals surface area contributed by atoms with Crippen LogP contribution in [0.25, 0.3) is 0 Å². The van der Waals surface area contributed by atoms with Crippen LogP contribution in [0, 0.1) is 0 Å². The molecule has 0 aliphatic heterocycles. The van der Waals surface area contributed by atoms with E-state index in [4.69, 9.17) is 27.9 Å². The third-order valence-corrected chi connectivity index (χ3v) is 3.99. The number of hydrogen-bond acceptors (Lipinski definition) is 3. The van der Waals surface area contributed by atoms with Crippen LogP contribution in [0.4, 0.5) is 0 Å². The number of rotatable bonds is 7. The van der Waals surface area contributed by atoms with E-state index in [0.717, 1.165) is 5.56 Å². The minimum absolute atomic E-state index is 0. The number of carbonyl (C=O) groups excluding carboxylic acids is 1. The third kappa shape index (κ3) is 6.82. The molecule has 0 fully saturated rings. The Morgan fingerprint density at radius 3 is 2.38 bits per heavy atom. The van der Waals surface area contributed by atoms with Crippen molar-refractivity contribution in [2.24, 2.45) is 0 Å². The Hall–Kier alpha value is -1.24. The second kappa shape index (κ2) is 10.8. The summed E-state index contributed by atoms with van der Waals surface area (Å²) in [5.74, 6) is -1.37. The van der Waals surface area contributed by atoms with Crippen molar-refractivity contribution in [2.75, 3.05) is 0 Å². The minimum atomic E-state index is -1.12. The van der Waals surface area contributed by atoms with Crippen molar-refractivity contribution in [3.63, 3.8) is 0 Å². The summed E-state index contributed by atoms with van der Waals surface area (Å²) in [7, 11) is 0. The van der Waals surface area contributed by atoms with E-state index in [2.05, 4.69) is 5.32 Å². The van der Waals surface area contributed by atoms with Gasteiger partial charge in [-0.25, -0.2) is 4.79 Å². The van der Waals surface area contributed by atoms with Gasteiger partial charge >= 0.3 is 5.97 Å². The molecule has 0 heterocycles. The molecule has 0 saturated carbocycles. The minimum Gasteiger partial charge on any atom is -0.480 e. The fourth-order valence-electron chi connectivity index (χ4n) is 2.15. The number of nitrogens with one attached hydrogen (secondary N) is 1. The Bertz CT molecular complexity index is 758. The van der Waals surface area contributed by atoms with Crippen LogP contribution in [0.1, 0.15) is 12.5 Å². The largest absolute Gasteiger partial charge is 0.480 e. The Balaban J connectivity index is 0.00000338. The number of carboxylic acids is 1. The first-order chi connectivity index (χ1) is 11.9. The predicted molar refractivity (Wildman–Crippen MR) is 102 cm³/mol. The van der Waals surface area contributed by atoms with E-state index in [-0.39, 0.29) is 41.0 Å². The van der Waals surface area contributed by atoms with Crippen molar-refractivity contribution in [1.29, 1.82) is 0 Å². The smallest absolute Gasteiger partial charge is 0.326 e. The van der Waals surface area contributed by atoms with E-state index >= 15 is 0 Å². The fourth-order valence-corrected chi connectivity index (χ4v) is 2.61. The molecule has 0 bridgehead atoms. The summed E-state index contributed by atoms with van der Waals surface area (Å²) < 4.78 is 5.50. The molecule has 1 radical (unpaired) electrons. The molecule has 8 heteroatoms. The monoisotopic (exact) mass is 404 g/mol. The molecule has 2 rings (SSSR count). The van der Waals surface area contributed by atoms with Crippen LogP contribution in [0.3, 0.4) is 0 Å². The molecular weight excluding hydrogens is 388 g/mol. The molecule has 2 atom stereocenters. The number of amides is 1. The Morgan fingerprint density at radius 1 is 1.15 bits per heavy atom. The number of halogens is 2.